The molecule has 1 atom stereocenters. The lowest BCUT2D eigenvalue weighted by Gasteiger charge is -2.14. The fourth-order valence-corrected chi connectivity index (χ4v) is 6.71. The van der Waals surface area contributed by atoms with Crippen LogP contribution in [0.25, 0.3) is 30.3 Å². The van der Waals surface area contributed by atoms with Gasteiger partial charge in [-0.1, -0.05) is 36.4 Å². The molecule has 0 aliphatic rings. The smallest absolute Gasteiger partial charge is 0.413 e. The number of anilines is 1. The van der Waals surface area contributed by atoms with E-state index in [1.54, 1.807) is 46.7 Å². The Bertz CT molecular complexity index is 1610. The number of aliphatic carboxylic acids is 1. The molecule has 5 rings (SSSR count). The molecule has 8 nitrogen and oxygen atoms in total. The van der Waals surface area contributed by atoms with E-state index >= 15 is 0 Å². The van der Waals surface area contributed by atoms with E-state index in [2.05, 4.69) is 22.5 Å². The minimum Gasteiger partial charge on any atom is -0.493 e. The number of nitrogens with zero attached hydrogens (tertiary/aromatic N) is 2. The Morgan fingerprint density at radius 2 is 1.72 bits per heavy atom. The van der Waals surface area contributed by atoms with Gasteiger partial charge in [-0.3, -0.25) is 14.8 Å². The molecule has 5 aromatic rings. The van der Waals surface area contributed by atoms with E-state index in [9.17, 15) is 9.59 Å². The van der Waals surface area contributed by atoms with Crippen molar-refractivity contribution in [3.8, 4) is 26.6 Å². The predicted molar refractivity (Wildman–Crippen MR) is 155 cm³/mol. The lowest BCUT2D eigenvalue weighted by molar-refractivity contribution is -0.136. The molecule has 39 heavy (non-hydrogen) atoms. The second-order valence-corrected chi connectivity index (χ2v) is 11.1. The third-order valence-electron chi connectivity index (χ3n) is 6.15. The van der Waals surface area contributed by atoms with E-state index in [1.165, 1.54) is 0 Å². The van der Waals surface area contributed by atoms with Gasteiger partial charge in [0.15, 0.2) is 0 Å². The number of carboxylic acid groups (broad SMARTS) is 1. The molecule has 0 aliphatic carbocycles. The zero-order valence-electron chi connectivity index (χ0n) is 21.6. The molecule has 0 saturated heterocycles. The van der Waals surface area contributed by atoms with E-state index in [-0.39, 0.29) is 6.42 Å². The summed E-state index contributed by atoms with van der Waals surface area (Å²) in [4.78, 5) is 25.9. The van der Waals surface area contributed by atoms with Gasteiger partial charge in [0.2, 0.25) is 0 Å². The summed E-state index contributed by atoms with van der Waals surface area (Å²) in [6.45, 7) is 4.22. The van der Waals surface area contributed by atoms with Crippen molar-refractivity contribution in [2.45, 2.75) is 26.4 Å². The third-order valence-corrected chi connectivity index (χ3v) is 8.51. The van der Waals surface area contributed by atoms with Gasteiger partial charge >= 0.3 is 12.1 Å². The number of hydrogen-bond donors (Lipinski definition) is 2. The molecular weight excluding hydrogens is 534 g/mol. The fraction of sp³-hybridized carbons (Fsp3) is 0.207. The van der Waals surface area contributed by atoms with Gasteiger partial charge in [0.05, 0.1) is 24.8 Å². The Hall–Kier alpha value is -4.15. The summed E-state index contributed by atoms with van der Waals surface area (Å²) in [7, 11) is 1.77. The summed E-state index contributed by atoms with van der Waals surface area (Å²) in [6, 6.07) is 19.3. The second-order valence-electron chi connectivity index (χ2n) is 8.90. The van der Waals surface area contributed by atoms with Gasteiger partial charge < -0.3 is 14.6 Å². The molecule has 0 fully saturated rings. The standard InChI is InChI=1S/C29H27N3O5S2/c1-4-36-22-12-18(13-27(33)34)10-11-20(22)23-14-25-26(38-23)15-24(39-25)21-16-30-32(3)28(21)31-29(35)37-17(2)19-8-6-5-7-9-19/h5-12,14-17H,4,13H2,1-3H3,(H,31,35)(H,33,34). The number of hydrogen-bond acceptors (Lipinski definition) is 7. The van der Waals surface area contributed by atoms with E-state index in [0.717, 1.165) is 35.8 Å². The van der Waals surface area contributed by atoms with Crippen LogP contribution in [0.1, 0.15) is 31.1 Å². The van der Waals surface area contributed by atoms with Crippen LogP contribution in [-0.4, -0.2) is 33.6 Å². The Kier molecular flexibility index (Phi) is 7.67. The van der Waals surface area contributed by atoms with Gasteiger partial charge in [0, 0.05) is 31.8 Å². The number of nitrogens with one attached hydrogen (secondary N) is 1. The highest BCUT2D eigenvalue weighted by Crippen LogP contribution is 2.45. The number of thiophene rings is 2. The van der Waals surface area contributed by atoms with Crippen molar-refractivity contribution in [2.75, 3.05) is 11.9 Å². The minimum absolute atomic E-state index is 0.0521. The van der Waals surface area contributed by atoms with Crippen molar-refractivity contribution < 1.29 is 24.2 Å². The highest BCUT2D eigenvalue weighted by atomic mass is 32.1. The number of carbonyl (C=O) groups is 2. The normalized spacial score (nSPS) is 11.9. The highest BCUT2D eigenvalue weighted by Gasteiger charge is 2.20. The van der Waals surface area contributed by atoms with Crippen LogP contribution in [0.3, 0.4) is 0 Å². The average Bonchev–Trinajstić information content (AvgIpc) is 3.58. The van der Waals surface area contributed by atoms with Crippen molar-refractivity contribution in [1.82, 2.24) is 9.78 Å². The fourth-order valence-electron chi connectivity index (χ4n) is 4.28. The Morgan fingerprint density at radius 1 is 1.03 bits per heavy atom. The number of carbonyl (C=O) groups excluding carboxylic acids is 1. The first-order valence-electron chi connectivity index (χ1n) is 12.4. The van der Waals surface area contributed by atoms with Crippen LogP contribution in [0.2, 0.25) is 0 Å². The van der Waals surface area contributed by atoms with Crippen LogP contribution in [0.15, 0.2) is 66.9 Å². The van der Waals surface area contributed by atoms with Crippen LogP contribution >= 0.6 is 22.7 Å². The topological polar surface area (TPSA) is 103 Å². The molecule has 0 saturated carbocycles. The first-order valence-corrected chi connectivity index (χ1v) is 14.0. The Balaban J connectivity index is 1.38. The zero-order chi connectivity index (χ0) is 27.5. The van der Waals surface area contributed by atoms with Crippen molar-refractivity contribution in [1.29, 1.82) is 0 Å². The molecule has 3 heterocycles. The number of aromatic nitrogens is 2. The maximum absolute atomic E-state index is 12.7. The molecule has 0 aliphatic heterocycles. The Labute approximate surface area is 233 Å². The number of amides is 1. The highest BCUT2D eigenvalue weighted by molar-refractivity contribution is 7.31. The molecule has 1 amide bonds. The molecule has 2 aromatic carbocycles. The summed E-state index contributed by atoms with van der Waals surface area (Å²) in [6.07, 6.45) is 0.740. The van der Waals surface area contributed by atoms with E-state index in [1.807, 2.05) is 56.3 Å². The van der Waals surface area contributed by atoms with Gasteiger partial charge in [0.1, 0.15) is 17.7 Å². The van der Waals surface area contributed by atoms with Crippen LogP contribution in [0.4, 0.5) is 10.6 Å². The van der Waals surface area contributed by atoms with Crippen LogP contribution in [0.5, 0.6) is 5.75 Å². The maximum Gasteiger partial charge on any atom is 0.413 e. The first kappa shape index (κ1) is 26.5. The van der Waals surface area contributed by atoms with E-state index in [4.69, 9.17) is 14.6 Å². The molecule has 0 radical (unpaired) electrons. The number of aryl methyl sites for hydroxylation is 1. The number of ether oxygens (including phenoxy) is 2. The number of carboxylic acids is 1. The third kappa shape index (κ3) is 5.81. The maximum atomic E-state index is 12.7. The molecule has 200 valence electrons. The number of rotatable bonds is 9. The van der Waals surface area contributed by atoms with Crippen molar-refractivity contribution in [3.63, 3.8) is 0 Å². The molecule has 0 spiro atoms. The number of fused-ring (bicyclic) bond motifs is 1. The van der Waals surface area contributed by atoms with Crippen LogP contribution in [-0.2, 0) is 23.0 Å². The predicted octanol–water partition coefficient (Wildman–Crippen LogP) is 7.37. The molecule has 2 N–H and O–H groups in total. The van der Waals surface area contributed by atoms with Crippen LogP contribution in [0, 0.1) is 0 Å². The van der Waals surface area contributed by atoms with Crippen molar-refractivity contribution in [3.05, 3.63) is 78.0 Å². The lowest BCUT2D eigenvalue weighted by Crippen LogP contribution is -2.18. The molecule has 1 unspecified atom stereocenters. The van der Waals surface area contributed by atoms with Gasteiger partial charge in [-0.25, -0.2) is 4.79 Å². The number of benzene rings is 2. The van der Waals surface area contributed by atoms with Gasteiger partial charge in [-0.05, 0) is 49.2 Å². The van der Waals surface area contributed by atoms with Gasteiger partial charge in [0.25, 0.3) is 0 Å². The van der Waals surface area contributed by atoms with Crippen molar-refractivity contribution in [2.24, 2.45) is 7.05 Å². The summed E-state index contributed by atoms with van der Waals surface area (Å²) in [5, 5.41) is 16.4. The quantitative estimate of drug-likeness (QED) is 0.195. The largest absolute Gasteiger partial charge is 0.493 e. The van der Waals surface area contributed by atoms with Gasteiger partial charge in [-0.15, -0.1) is 22.7 Å². The van der Waals surface area contributed by atoms with Crippen LogP contribution < -0.4 is 10.1 Å². The minimum atomic E-state index is -0.877. The lowest BCUT2D eigenvalue weighted by atomic mass is 10.1. The SMILES string of the molecule is CCOc1cc(CC(=O)O)ccc1-c1cc2sc(-c3cnn(C)c3NC(=O)OC(C)c3ccccc3)cc2s1. The average molecular weight is 562 g/mol. The van der Waals surface area contributed by atoms with Crippen molar-refractivity contribution >= 4 is 50.0 Å². The molecule has 10 heteroatoms. The van der Waals surface area contributed by atoms with Gasteiger partial charge in [-0.2, -0.15) is 5.10 Å². The van der Waals surface area contributed by atoms with E-state index in [0.29, 0.717) is 23.7 Å². The molecule has 0 bridgehead atoms. The summed E-state index contributed by atoms with van der Waals surface area (Å²) < 4.78 is 15.2. The molecule has 3 aromatic heterocycles. The summed E-state index contributed by atoms with van der Waals surface area (Å²) in [5.41, 5.74) is 3.35. The van der Waals surface area contributed by atoms with E-state index < -0.39 is 18.2 Å². The monoisotopic (exact) mass is 561 g/mol. The summed E-state index contributed by atoms with van der Waals surface area (Å²) >= 11 is 3.24. The Morgan fingerprint density at radius 3 is 2.38 bits per heavy atom. The second kappa shape index (κ2) is 11.3. The first-order chi connectivity index (χ1) is 18.8. The zero-order valence-corrected chi connectivity index (χ0v) is 23.3. The summed E-state index contributed by atoms with van der Waals surface area (Å²) in [5.74, 6) is 0.354. The molecular formula is C29H27N3O5S2.